The summed E-state index contributed by atoms with van der Waals surface area (Å²) in [6.07, 6.45) is 2.23. The summed E-state index contributed by atoms with van der Waals surface area (Å²) in [6.45, 7) is 0. The van der Waals surface area contributed by atoms with Crippen LogP contribution >= 0.6 is 0 Å². The Bertz CT molecular complexity index is 461. The van der Waals surface area contributed by atoms with E-state index in [1.807, 2.05) is 0 Å². The lowest BCUT2D eigenvalue weighted by atomic mass is 10.3. The third-order valence-corrected chi connectivity index (χ3v) is 2.51. The number of hydrogen-bond donors (Lipinski definition) is 1. The minimum Gasteiger partial charge on any atom is -0.342 e. The van der Waals surface area contributed by atoms with E-state index in [0.29, 0.717) is 17.0 Å². The van der Waals surface area contributed by atoms with E-state index in [0.717, 1.165) is 30.8 Å². The molecule has 0 atom stereocenters. The summed E-state index contributed by atoms with van der Waals surface area (Å²) in [5.41, 5.74) is 1.08. The molecule has 1 saturated carbocycles. The maximum absolute atomic E-state index is 12.9. The first-order valence-corrected chi connectivity index (χ1v) is 4.59. The Morgan fingerprint density at radius 2 is 1.93 bits per heavy atom. The molecule has 14 heavy (non-hydrogen) atoms. The van der Waals surface area contributed by atoms with E-state index in [9.17, 15) is 8.78 Å². The lowest BCUT2D eigenvalue weighted by Gasteiger charge is -1.90. The minimum atomic E-state index is -0.841. The van der Waals surface area contributed by atoms with E-state index >= 15 is 0 Å². The molecule has 0 aliphatic heterocycles. The van der Waals surface area contributed by atoms with Crippen LogP contribution in [0.15, 0.2) is 12.1 Å². The van der Waals surface area contributed by atoms with Gasteiger partial charge in [-0.25, -0.2) is 13.8 Å². The van der Waals surface area contributed by atoms with Gasteiger partial charge >= 0.3 is 0 Å². The number of nitrogens with one attached hydrogen (secondary N) is 1. The number of benzene rings is 1. The monoisotopic (exact) mass is 194 g/mol. The molecule has 0 saturated heterocycles. The van der Waals surface area contributed by atoms with Gasteiger partial charge in [-0.1, -0.05) is 0 Å². The van der Waals surface area contributed by atoms with Crippen LogP contribution in [0.3, 0.4) is 0 Å². The highest BCUT2D eigenvalue weighted by Gasteiger charge is 2.26. The van der Waals surface area contributed by atoms with Gasteiger partial charge < -0.3 is 4.98 Å². The van der Waals surface area contributed by atoms with E-state index in [4.69, 9.17) is 0 Å². The van der Waals surface area contributed by atoms with Crippen LogP contribution in [0, 0.1) is 11.6 Å². The zero-order valence-electron chi connectivity index (χ0n) is 7.35. The van der Waals surface area contributed by atoms with E-state index < -0.39 is 11.6 Å². The highest BCUT2D eigenvalue weighted by atomic mass is 19.2. The molecule has 4 heteroatoms. The largest absolute Gasteiger partial charge is 0.342 e. The predicted molar refractivity (Wildman–Crippen MR) is 48.0 cm³/mol. The quantitative estimate of drug-likeness (QED) is 0.742. The van der Waals surface area contributed by atoms with E-state index in [1.54, 1.807) is 0 Å². The van der Waals surface area contributed by atoms with Crippen molar-refractivity contribution >= 4 is 11.0 Å². The van der Waals surface area contributed by atoms with E-state index in [2.05, 4.69) is 9.97 Å². The number of halogens is 2. The Morgan fingerprint density at radius 3 is 2.64 bits per heavy atom. The van der Waals surface area contributed by atoms with Crippen LogP contribution in [0.2, 0.25) is 0 Å². The fourth-order valence-corrected chi connectivity index (χ4v) is 1.57. The van der Waals surface area contributed by atoms with Crippen molar-refractivity contribution in [1.29, 1.82) is 0 Å². The lowest BCUT2D eigenvalue weighted by molar-refractivity contribution is 0.510. The molecule has 1 fully saturated rings. The fourth-order valence-electron chi connectivity index (χ4n) is 1.57. The zero-order valence-corrected chi connectivity index (χ0v) is 7.35. The van der Waals surface area contributed by atoms with Gasteiger partial charge in [-0.05, 0) is 12.8 Å². The third kappa shape index (κ3) is 1.10. The van der Waals surface area contributed by atoms with Crippen LogP contribution in [0.1, 0.15) is 24.6 Å². The van der Waals surface area contributed by atoms with Gasteiger partial charge in [-0.15, -0.1) is 0 Å². The van der Waals surface area contributed by atoms with Crippen molar-refractivity contribution in [2.24, 2.45) is 0 Å². The molecule has 1 aromatic heterocycles. The molecule has 1 aromatic carbocycles. The van der Waals surface area contributed by atoms with Gasteiger partial charge in [0.25, 0.3) is 0 Å². The number of nitrogens with zero attached hydrogens (tertiary/aromatic N) is 1. The Hall–Kier alpha value is -1.45. The van der Waals surface area contributed by atoms with Crippen LogP contribution in [0.5, 0.6) is 0 Å². The first-order chi connectivity index (χ1) is 6.74. The molecule has 2 aromatic rings. The Labute approximate surface area is 79.0 Å². The summed E-state index contributed by atoms with van der Waals surface area (Å²) < 4.78 is 25.7. The molecular weight excluding hydrogens is 186 g/mol. The number of fused-ring (bicyclic) bond motifs is 1. The lowest BCUT2D eigenvalue weighted by Crippen LogP contribution is -1.82. The fraction of sp³-hybridized carbons (Fsp3) is 0.300. The van der Waals surface area contributed by atoms with Crippen molar-refractivity contribution in [2.45, 2.75) is 18.8 Å². The van der Waals surface area contributed by atoms with Crippen molar-refractivity contribution in [3.63, 3.8) is 0 Å². The summed E-state index contributed by atoms with van der Waals surface area (Å²) in [5, 5.41) is 0. The van der Waals surface area contributed by atoms with Gasteiger partial charge in [-0.2, -0.15) is 0 Å². The number of rotatable bonds is 1. The minimum absolute atomic E-state index is 0.466. The average molecular weight is 194 g/mol. The normalized spacial score (nSPS) is 16.4. The van der Waals surface area contributed by atoms with Gasteiger partial charge in [0.15, 0.2) is 11.6 Å². The highest BCUT2D eigenvalue weighted by Crippen LogP contribution is 2.39. The maximum Gasteiger partial charge on any atom is 0.161 e. The van der Waals surface area contributed by atoms with Crippen LogP contribution in [0.4, 0.5) is 8.78 Å². The second-order valence-electron chi connectivity index (χ2n) is 3.68. The summed E-state index contributed by atoms with van der Waals surface area (Å²) in [7, 11) is 0. The molecular formula is C10H8F2N2. The molecule has 1 aliphatic rings. The Balaban J connectivity index is 2.22. The van der Waals surface area contributed by atoms with Crippen molar-refractivity contribution in [3.8, 4) is 0 Å². The first kappa shape index (κ1) is 7.91. The number of aromatic nitrogens is 2. The molecule has 1 aliphatic carbocycles. The predicted octanol–water partition coefficient (Wildman–Crippen LogP) is 2.72. The molecule has 3 rings (SSSR count). The van der Waals surface area contributed by atoms with Gasteiger partial charge in [0.05, 0.1) is 11.0 Å². The van der Waals surface area contributed by atoms with E-state index in [1.165, 1.54) is 0 Å². The molecule has 2 nitrogen and oxygen atoms in total. The Kier molecular flexibility index (Phi) is 1.43. The first-order valence-electron chi connectivity index (χ1n) is 4.59. The van der Waals surface area contributed by atoms with Crippen molar-refractivity contribution < 1.29 is 8.78 Å². The van der Waals surface area contributed by atoms with Crippen molar-refractivity contribution in [3.05, 3.63) is 29.6 Å². The second kappa shape index (κ2) is 2.53. The average Bonchev–Trinajstić information content (AvgIpc) is 2.90. The molecule has 1 heterocycles. The van der Waals surface area contributed by atoms with Gasteiger partial charge in [0, 0.05) is 18.1 Å². The van der Waals surface area contributed by atoms with Crippen LogP contribution in [0.25, 0.3) is 11.0 Å². The molecule has 1 N–H and O–H groups in total. The van der Waals surface area contributed by atoms with Gasteiger partial charge in [0.1, 0.15) is 5.82 Å². The second-order valence-corrected chi connectivity index (χ2v) is 3.68. The zero-order chi connectivity index (χ0) is 9.71. The number of H-pyrrole nitrogens is 1. The maximum atomic E-state index is 12.9. The molecule has 0 amide bonds. The topological polar surface area (TPSA) is 28.7 Å². The van der Waals surface area contributed by atoms with Crippen LogP contribution in [-0.4, -0.2) is 9.97 Å². The summed E-state index contributed by atoms with van der Waals surface area (Å²) in [4.78, 5) is 7.22. The summed E-state index contributed by atoms with van der Waals surface area (Å²) in [5.74, 6) is -0.353. The summed E-state index contributed by atoms with van der Waals surface area (Å²) >= 11 is 0. The number of hydrogen-bond acceptors (Lipinski definition) is 1. The number of aromatic amines is 1. The van der Waals surface area contributed by atoms with Crippen LogP contribution < -0.4 is 0 Å². The molecule has 72 valence electrons. The number of imidazole rings is 1. The standard InChI is InChI=1S/C10H8F2N2/c11-6-3-8-9(4-7(6)12)14-10(13-8)5-1-2-5/h3-5H,1-2H2,(H,13,14). The molecule has 0 radical (unpaired) electrons. The highest BCUT2D eigenvalue weighted by molar-refractivity contribution is 5.75. The SMILES string of the molecule is Fc1cc2nc(C3CC3)[nH]c2cc1F. The van der Waals surface area contributed by atoms with Gasteiger partial charge in [-0.3, -0.25) is 0 Å². The third-order valence-electron chi connectivity index (χ3n) is 2.51. The summed E-state index contributed by atoms with van der Waals surface area (Å²) in [6, 6.07) is 2.29. The molecule has 0 unspecified atom stereocenters. The molecule has 0 bridgehead atoms. The van der Waals surface area contributed by atoms with Crippen molar-refractivity contribution in [1.82, 2.24) is 9.97 Å². The Morgan fingerprint density at radius 1 is 1.21 bits per heavy atom. The smallest absolute Gasteiger partial charge is 0.161 e. The van der Waals surface area contributed by atoms with Crippen molar-refractivity contribution in [2.75, 3.05) is 0 Å². The van der Waals surface area contributed by atoms with Crippen LogP contribution in [-0.2, 0) is 0 Å². The van der Waals surface area contributed by atoms with Gasteiger partial charge in [0.2, 0.25) is 0 Å². The molecule has 0 spiro atoms. The van der Waals surface area contributed by atoms with E-state index in [-0.39, 0.29) is 0 Å².